The number of hydrogen-bond donors (Lipinski definition) is 1. The van der Waals surface area contributed by atoms with Crippen molar-refractivity contribution in [2.24, 2.45) is 0 Å². The minimum atomic E-state index is -0.175. The molecule has 0 unspecified atom stereocenters. The van der Waals surface area contributed by atoms with E-state index in [1.807, 2.05) is 12.1 Å². The first-order chi connectivity index (χ1) is 6.59. The predicted molar refractivity (Wildman–Crippen MR) is 60.3 cm³/mol. The van der Waals surface area contributed by atoms with Gasteiger partial charge in [-0.1, -0.05) is 19.9 Å². The number of fused-ring (bicyclic) bond motifs is 1. The number of rotatable bonds is 1. The molecule has 2 rings (SSSR count). The summed E-state index contributed by atoms with van der Waals surface area (Å²) >= 11 is 1.31. The lowest BCUT2D eigenvalue weighted by atomic mass is 9.99. The molecule has 0 aliphatic heterocycles. The molecule has 74 valence electrons. The first-order valence-electron chi connectivity index (χ1n) is 4.57. The second-order valence-electron chi connectivity index (χ2n) is 3.68. The summed E-state index contributed by atoms with van der Waals surface area (Å²) in [5.74, 6) is 0.221. The summed E-state index contributed by atoms with van der Waals surface area (Å²) in [6.45, 7) is 4.20. The zero-order valence-electron chi connectivity index (χ0n) is 8.17. The van der Waals surface area contributed by atoms with Crippen molar-refractivity contribution < 1.29 is 4.39 Å². The normalized spacial score (nSPS) is 11.4. The van der Waals surface area contributed by atoms with Crippen LogP contribution in [-0.2, 0) is 0 Å². The minimum Gasteiger partial charge on any atom is -0.391 e. The van der Waals surface area contributed by atoms with E-state index in [1.165, 1.54) is 17.4 Å². The lowest BCUT2D eigenvalue weighted by molar-refractivity contribution is 0.641. The molecule has 1 heterocycles. The molecular weight excluding hydrogens is 197 g/mol. The van der Waals surface area contributed by atoms with Crippen molar-refractivity contribution in [2.45, 2.75) is 19.8 Å². The summed E-state index contributed by atoms with van der Waals surface area (Å²) in [7, 11) is 0. The fourth-order valence-electron chi connectivity index (χ4n) is 1.63. The Balaban J connectivity index is 2.81. The minimum absolute atomic E-state index is 0.175. The number of halogens is 1. The molecule has 0 fully saturated rings. The Morgan fingerprint density at radius 1 is 1.36 bits per heavy atom. The van der Waals surface area contributed by atoms with Crippen molar-refractivity contribution in [2.75, 3.05) is 5.73 Å². The molecule has 1 aromatic carbocycles. The van der Waals surface area contributed by atoms with Gasteiger partial charge in [-0.3, -0.25) is 0 Å². The van der Waals surface area contributed by atoms with Crippen LogP contribution in [0.15, 0.2) is 18.2 Å². The highest BCUT2D eigenvalue weighted by Gasteiger charge is 2.11. The monoisotopic (exact) mass is 209 g/mol. The number of nitrogens with two attached hydrogens (primary N) is 1. The van der Waals surface area contributed by atoms with Crippen LogP contribution >= 0.6 is 11.3 Å². The van der Waals surface area contributed by atoms with Crippen LogP contribution in [0.1, 0.15) is 25.3 Å². The maximum Gasteiger partial charge on any atom is 0.141 e. The van der Waals surface area contributed by atoms with E-state index in [4.69, 9.17) is 5.73 Å². The van der Waals surface area contributed by atoms with Gasteiger partial charge in [-0.15, -0.1) is 11.3 Å². The van der Waals surface area contributed by atoms with E-state index < -0.39 is 0 Å². The van der Waals surface area contributed by atoms with Gasteiger partial charge in [-0.25, -0.2) is 4.39 Å². The molecule has 0 bridgehead atoms. The van der Waals surface area contributed by atoms with E-state index in [1.54, 1.807) is 0 Å². The molecule has 0 radical (unpaired) electrons. The van der Waals surface area contributed by atoms with Crippen molar-refractivity contribution in [1.29, 1.82) is 0 Å². The summed E-state index contributed by atoms with van der Waals surface area (Å²) in [5.41, 5.74) is 6.84. The summed E-state index contributed by atoms with van der Waals surface area (Å²) in [6.07, 6.45) is 0. The predicted octanol–water partition coefficient (Wildman–Crippen LogP) is 3.75. The summed E-state index contributed by atoms with van der Waals surface area (Å²) in [5, 5.41) is 1.63. The van der Waals surface area contributed by atoms with Crippen LogP contribution in [0.4, 0.5) is 9.39 Å². The first kappa shape index (κ1) is 9.46. The molecule has 0 aliphatic rings. The van der Waals surface area contributed by atoms with Gasteiger partial charge in [-0.2, -0.15) is 0 Å². The fraction of sp³-hybridized carbons (Fsp3) is 0.273. The van der Waals surface area contributed by atoms with E-state index in [0.717, 1.165) is 10.9 Å². The molecule has 3 heteroatoms. The van der Waals surface area contributed by atoms with Crippen molar-refractivity contribution in [1.82, 2.24) is 0 Å². The third-order valence-electron chi connectivity index (χ3n) is 2.31. The molecule has 14 heavy (non-hydrogen) atoms. The number of benzene rings is 1. The lowest BCUT2D eigenvalue weighted by Gasteiger charge is -2.06. The molecule has 0 aliphatic carbocycles. The van der Waals surface area contributed by atoms with Crippen LogP contribution in [0.25, 0.3) is 10.1 Å². The van der Waals surface area contributed by atoms with Crippen LogP contribution in [0.5, 0.6) is 0 Å². The third-order valence-corrected chi connectivity index (χ3v) is 3.28. The topological polar surface area (TPSA) is 26.0 Å². The maximum atomic E-state index is 13.4. The molecule has 0 saturated carbocycles. The smallest absolute Gasteiger partial charge is 0.141 e. The zero-order valence-corrected chi connectivity index (χ0v) is 8.99. The van der Waals surface area contributed by atoms with E-state index in [9.17, 15) is 4.39 Å². The van der Waals surface area contributed by atoms with Crippen LogP contribution < -0.4 is 5.73 Å². The molecule has 2 N–H and O–H groups in total. The number of hydrogen-bond acceptors (Lipinski definition) is 2. The van der Waals surface area contributed by atoms with Crippen LogP contribution in [0.2, 0.25) is 0 Å². The highest BCUT2D eigenvalue weighted by molar-refractivity contribution is 7.22. The molecule has 0 spiro atoms. The average molecular weight is 209 g/mol. The lowest BCUT2D eigenvalue weighted by Crippen LogP contribution is -1.88. The Hall–Kier alpha value is -1.09. The molecular formula is C11H12FNS. The summed E-state index contributed by atoms with van der Waals surface area (Å²) in [4.78, 5) is 0. The molecule has 0 atom stereocenters. The third kappa shape index (κ3) is 1.38. The molecule has 1 nitrogen and oxygen atoms in total. The zero-order chi connectivity index (χ0) is 10.3. The van der Waals surface area contributed by atoms with Gasteiger partial charge in [-0.05, 0) is 23.6 Å². The fourth-order valence-corrected chi connectivity index (χ4v) is 2.50. The standard InChI is InChI=1S/C11H12FNS/c1-6(2)7-3-4-9(12)11-8(7)5-10(13)14-11/h3-6H,13H2,1-2H3. The van der Waals surface area contributed by atoms with Crippen LogP contribution in [-0.4, -0.2) is 0 Å². The number of thiophene rings is 1. The number of anilines is 1. The Kier molecular flexibility index (Phi) is 2.19. The van der Waals surface area contributed by atoms with E-state index in [0.29, 0.717) is 15.6 Å². The van der Waals surface area contributed by atoms with Gasteiger partial charge in [0.05, 0.1) is 9.70 Å². The van der Waals surface area contributed by atoms with Crippen LogP contribution in [0.3, 0.4) is 0 Å². The van der Waals surface area contributed by atoms with Crippen molar-refractivity contribution in [3.63, 3.8) is 0 Å². The van der Waals surface area contributed by atoms with Gasteiger partial charge < -0.3 is 5.73 Å². The van der Waals surface area contributed by atoms with Gasteiger partial charge in [0.15, 0.2) is 0 Å². The van der Waals surface area contributed by atoms with Gasteiger partial charge in [0.1, 0.15) is 5.82 Å². The van der Waals surface area contributed by atoms with Crippen LogP contribution in [0, 0.1) is 5.82 Å². The Labute approximate surface area is 86.4 Å². The quantitative estimate of drug-likeness (QED) is 0.760. The highest BCUT2D eigenvalue weighted by atomic mass is 32.1. The van der Waals surface area contributed by atoms with Crippen molar-refractivity contribution in [3.8, 4) is 0 Å². The Morgan fingerprint density at radius 2 is 2.07 bits per heavy atom. The summed E-state index contributed by atoms with van der Waals surface area (Å²) in [6, 6.07) is 5.22. The molecule has 0 amide bonds. The van der Waals surface area contributed by atoms with E-state index in [-0.39, 0.29) is 5.82 Å². The summed E-state index contributed by atoms with van der Waals surface area (Å²) < 4.78 is 14.1. The molecule has 0 saturated heterocycles. The van der Waals surface area contributed by atoms with Gasteiger partial charge in [0.25, 0.3) is 0 Å². The van der Waals surface area contributed by atoms with Crippen molar-refractivity contribution >= 4 is 26.4 Å². The largest absolute Gasteiger partial charge is 0.391 e. The first-order valence-corrected chi connectivity index (χ1v) is 5.38. The maximum absolute atomic E-state index is 13.4. The van der Waals surface area contributed by atoms with E-state index >= 15 is 0 Å². The Bertz CT molecular complexity index is 473. The van der Waals surface area contributed by atoms with Gasteiger partial charge in [0, 0.05) is 5.39 Å². The SMILES string of the molecule is CC(C)c1ccc(F)c2sc(N)cc12. The molecule has 1 aromatic heterocycles. The van der Waals surface area contributed by atoms with Gasteiger partial charge in [0.2, 0.25) is 0 Å². The highest BCUT2D eigenvalue weighted by Crippen LogP contribution is 2.34. The molecule has 2 aromatic rings. The van der Waals surface area contributed by atoms with Gasteiger partial charge >= 0.3 is 0 Å². The number of nitrogen functional groups attached to an aromatic ring is 1. The second kappa shape index (κ2) is 3.24. The van der Waals surface area contributed by atoms with Crippen molar-refractivity contribution in [3.05, 3.63) is 29.6 Å². The second-order valence-corrected chi connectivity index (χ2v) is 4.77. The van der Waals surface area contributed by atoms with E-state index in [2.05, 4.69) is 13.8 Å². The Morgan fingerprint density at radius 3 is 2.71 bits per heavy atom. The average Bonchev–Trinajstić information content (AvgIpc) is 2.47.